The summed E-state index contributed by atoms with van der Waals surface area (Å²) in [5.41, 5.74) is -1.18. The van der Waals surface area contributed by atoms with E-state index in [1.165, 1.54) is 0 Å². The first-order valence-electron chi connectivity index (χ1n) is 7.31. The molecule has 0 heterocycles. The summed E-state index contributed by atoms with van der Waals surface area (Å²) >= 11 is 0. The van der Waals surface area contributed by atoms with Gasteiger partial charge in [0.2, 0.25) is 0 Å². The lowest BCUT2D eigenvalue weighted by atomic mass is 10.0. The lowest BCUT2D eigenvalue weighted by Crippen LogP contribution is -2.19. The van der Waals surface area contributed by atoms with Gasteiger partial charge in [0.15, 0.2) is 0 Å². The molecule has 0 rings (SSSR count). The molecule has 116 valence electrons. The van der Waals surface area contributed by atoms with Gasteiger partial charge in [-0.15, -0.1) is 0 Å². The van der Waals surface area contributed by atoms with Gasteiger partial charge in [-0.1, -0.05) is 0 Å². The maximum Gasteiger partial charge on any atom is 0.0592 e. The van der Waals surface area contributed by atoms with E-state index < -0.39 is 11.2 Å². The fraction of sp³-hybridized carbons (Fsp3) is 1.00. The quantitative estimate of drug-likeness (QED) is 0.538. The molecule has 0 aliphatic heterocycles. The van der Waals surface area contributed by atoms with Crippen LogP contribution in [0, 0.1) is 0 Å². The number of hydrogen-bond acceptors (Lipinski definition) is 4. The van der Waals surface area contributed by atoms with E-state index in [0.29, 0.717) is 26.4 Å². The molecule has 0 aromatic carbocycles. The summed E-state index contributed by atoms with van der Waals surface area (Å²) in [5, 5.41) is 19.0. The maximum atomic E-state index is 9.50. The lowest BCUT2D eigenvalue weighted by Gasteiger charge is -2.16. The van der Waals surface area contributed by atoms with Crippen LogP contribution in [0.25, 0.3) is 0 Å². The zero-order chi connectivity index (χ0) is 14.8. The van der Waals surface area contributed by atoms with Crippen molar-refractivity contribution >= 4 is 0 Å². The SMILES string of the molecule is CC(C)(O)CCCOCCCOCCCC(C)(C)O. The molecular weight excluding hydrogens is 244 g/mol. The Balaban J connectivity index is 3.12. The monoisotopic (exact) mass is 276 g/mol. The predicted octanol–water partition coefficient (Wildman–Crippen LogP) is 2.51. The number of hydrogen-bond donors (Lipinski definition) is 2. The minimum atomic E-state index is -0.590. The molecule has 0 fully saturated rings. The minimum Gasteiger partial charge on any atom is -0.390 e. The van der Waals surface area contributed by atoms with Crippen LogP contribution in [0.5, 0.6) is 0 Å². The van der Waals surface area contributed by atoms with Crippen molar-refractivity contribution in [3.63, 3.8) is 0 Å². The van der Waals surface area contributed by atoms with Crippen molar-refractivity contribution in [3.8, 4) is 0 Å². The van der Waals surface area contributed by atoms with Crippen LogP contribution in [0.15, 0.2) is 0 Å². The first-order valence-corrected chi connectivity index (χ1v) is 7.31. The normalized spacial score (nSPS) is 12.9. The Kier molecular flexibility index (Phi) is 9.62. The summed E-state index contributed by atoms with van der Waals surface area (Å²) in [5.74, 6) is 0. The highest BCUT2D eigenvalue weighted by atomic mass is 16.5. The second kappa shape index (κ2) is 9.70. The second-order valence-electron chi connectivity index (χ2n) is 6.41. The van der Waals surface area contributed by atoms with Gasteiger partial charge in [-0.05, 0) is 59.8 Å². The van der Waals surface area contributed by atoms with Gasteiger partial charge < -0.3 is 19.7 Å². The fourth-order valence-corrected chi connectivity index (χ4v) is 1.68. The third-order valence-corrected chi connectivity index (χ3v) is 2.73. The third-order valence-electron chi connectivity index (χ3n) is 2.73. The summed E-state index contributed by atoms with van der Waals surface area (Å²) in [6.45, 7) is 10.1. The molecule has 0 spiro atoms. The zero-order valence-electron chi connectivity index (χ0n) is 13.1. The van der Waals surface area contributed by atoms with Crippen molar-refractivity contribution in [1.29, 1.82) is 0 Å². The van der Waals surface area contributed by atoms with Crippen LogP contribution in [-0.2, 0) is 9.47 Å². The van der Waals surface area contributed by atoms with Gasteiger partial charge in [0.1, 0.15) is 0 Å². The van der Waals surface area contributed by atoms with E-state index in [4.69, 9.17) is 9.47 Å². The fourth-order valence-electron chi connectivity index (χ4n) is 1.68. The molecule has 4 heteroatoms. The Morgan fingerprint density at radius 2 is 0.947 bits per heavy atom. The molecule has 0 amide bonds. The largest absolute Gasteiger partial charge is 0.390 e. The Hall–Kier alpha value is -0.160. The van der Waals surface area contributed by atoms with Crippen LogP contribution >= 0.6 is 0 Å². The van der Waals surface area contributed by atoms with Gasteiger partial charge in [0.25, 0.3) is 0 Å². The summed E-state index contributed by atoms with van der Waals surface area (Å²) in [6, 6.07) is 0. The highest BCUT2D eigenvalue weighted by Crippen LogP contribution is 2.10. The van der Waals surface area contributed by atoms with Crippen molar-refractivity contribution in [1.82, 2.24) is 0 Å². The van der Waals surface area contributed by atoms with Crippen LogP contribution in [0.3, 0.4) is 0 Å². The average molecular weight is 276 g/mol. The minimum absolute atomic E-state index is 0.590. The summed E-state index contributed by atoms with van der Waals surface area (Å²) in [6.07, 6.45) is 4.19. The van der Waals surface area contributed by atoms with Gasteiger partial charge >= 0.3 is 0 Å². The van der Waals surface area contributed by atoms with Crippen LogP contribution in [0.2, 0.25) is 0 Å². The molecule has 0 aliphatic rings. The van der Waals surface area contributed by atoms with Gasteiger partial charge in [-0.3, -0.25) is 0 Å². The van der Waals surface area contributed by atoms with E-state index in [2.05, 4.69) is 0 Å². The molecule has 0 unspecified atom stereocenters. The molecule has 0 radical (unpaired) electrons. The summed E-state index contributed by atoms with van der Waals surface area (Å²) in [4.78, 5) is 0. The Morgan fingerprint density at radius 3 is 1.26 bits per heavy atom. The van der Waals surface area contributed by atoms with Crippen molar-refractivity contribution in [2.75, 3.05) is 26.4 Å². The van der Waals surface area contributed by atoms with E-state index >= 15 is 0 Å². The highest BCUT2D eigenvalue weighted by Gasteiger charge is 2.11. The number of rotatable bonds is 12. The average Bonchev–Trinajstić information content (AvgIpc) is 2.22. The maximum absolute atomic E-state index is 9.50. The van der Waals surface area contributed by atoms with Crippen LogP contribution in [0.4, 0.5) is 0 Å². The molecule has 0 atom stereocenters. The Labute approximate surface area is 118 Å². The molecule has 0 saturated carbocycles. The zero-order valence-corrected chi connectivity index (χ0v) is 13.1. The van der Waals surface area contributed by atoms with Crippen LogP contribution < -0.4 is 0 Å². The Bertz CT molecular complexity index is 181. The smallest absolute Gasteiger partial charge is 0.0592 e. The van der Waals surface area contributed by atoms with Gasteiger partial charge in [-0.2, -0.15) is 0 Å². The molecule has 19 heavy (non-hydrogen) atoms. The molecule has 0 aliphatic carbocycles. The summed E-state index contributed by atoms with van der Waals surface area (Å²) < 4.78 is 10.9. The second-order valence-corrected chi connectivity index (χ2v) is 6.41. The molecular formula is C15H32O4. The van der Waals surface area contributed by atoms with Crippen molar-refractivity contribution in [2.24, 2.45) is 0 Å². The van der Waals surface area contributed by atoms with Gasteiger partial charge in [0, 0.05) is 26.4 Å². The van der Waals surface area contributed by atoms with E-state index in [-0.39, 0.29) is 0 Å². The van der Waals surface area contributed by atoms with Gasteiger partial charge in [0.05, 0.1) is 11.2 Å². The highest BCUT2D eigenvalue weighted by molar-refractivity contribution is 4.64. The summed E-state index contributed by atoms with van der Waals surface area (Å²) in [7, 11) is 0. The third kappa shape index (κ3) is 17.8. The standard InChI is InChI=1S/C15H32O4/c1-14(2,16)8-5-10-18-12-7-13-19-11-6-9-15(3,4)17/h16-17H,5-13H2,1-4H3. The number of aliphatic hydroxyl groups is 2. The topological polar surface area (TPSA) is 58.9 Å². The van der Waals surface area contributed by atoms with Crippen molar-refractivity contribution in [3.05, 3.63) is 0 Å². The van der Waals surface area contributed by atoms with Gasteiger partial charge in [-0.25, -0.2) is 0 Å². The van der Waals surface area contributed by atoms with Crippen LogP contribution in [-0.4, -0.2) is 47.8 Å². The molecule has 4 nitrogen and oxygen atoms in total. The van der Waals surface area contributed by atoms with Crippen LogP contribution in [0.1, 0.15) is 59.8 Å². The first kappa shape index (κ1) is 18.8. The van der Waals surface area contributed by atoms with E-state index in [1.54, 1.807) is 0 Å². The molecule has 0 aromatic rings. The first-order chi connectivity index (χ1) is 8.71. The number of ether oxygens (including phenoxy) is 2. The molecule has 0 saturated heterocycles. The predicted molar refractivity (Wildman–Crippen MR) is 77.3 cm³/mol. The van der Waals surface area contributed by atoms with E-state index in [1.807, 2.05) is 27.7 Å². The lowest BCUT2D eigenvalue weighted by molar-refractivity contribution is 0.0389. The molecule has 0 aromatic heterocycles. The van der Waals surface area contributed by atoms with E-state index in [0.717, 1.165) is 32.1 Å². The van der Waals surface area contributed by atoms with E-state index in [9.17, 15) is 10.2 Å². The Morgan fingerprint density at radius 1 is 0.632 bits per heavy atom. The molecule has 2 N–H and O–H groups in total. The van der Waals surface area contributed by atoms with Crippen molar-refractivity contribution in [2.45, 2.75) is 71.0 Å². The molecule has 0 bridgehead atoms. The van der Waals surface area contributed by atoms with Crippen molar-refractivity contribution < 1.29 is 19.7 Å².